The predicted octanol–water partition coefficient (Wildman–Crippen LogP) is 2.56. The number of rotatable bonds is 10. The number of hydroxylamine groups is 1. The molecule has 32 heavy (non-hydrogen) atoms. The van der Waals surface area contributed by atoms with Gasteiger partial charge in [0.25, 0.3) is 10.9 Å². The van der Waals surface area contributed by atoms with E-state index in [-0.39, 0.29) is 44.9 Å². The topological polar surface area (TPSA) is 117 Å². The summed E-state index contributed by atoms with van der Waals surface area (Å²) < 4.78 is 20.4. The van der Waals surface area contributed by atoms with Gasteiger partial charge in [-0.25, -0.2) is 0 Å². The number of halogens is 1. The van der Waals surface area contributed by atoms with E-state index in [2.05, 4.69) is 10.6 Å². The van der Waals surface area contributed by atoms with Gasteiger partial charge in [-0.1, -0.05) is 18.5 Å². The van der Waals surface area contributed by atoms with E-state index in [1.165, 1.54) is 30.0 Å². The van der Waals surface area contributed by atoms with E-state index in [1.807, 2.05) is 6.92 Å². The summed E-state index contributed by atoms with van der Waals surface area (Å²) in [4.78, 5) is 29.7. The lowest BCUT2D eigenvalue weighted by atomic mass is 10.0. The largest absolute Gasteiger partial charge is 0.505 e. The Morgan fingerprint density at radius 3 is 2.56 bits per heavy atom. The van der Waals surface area contributed by atoms with Crippen LogP contribution in [0, 0.1) is 0 Å². The summed E-state index contributed by atoms with van der Waals surface area (Å²) >= 11 is 6.27. The molecule has 1 saturated heterocycles. The third kappa shape index (κ3) is 4.42. The van der Waals surface area contributed by atoms with Crippen LogP contribution in [-0.4, -0.2) is 52.4 Å². The monoisotopic (exact) mass is 487 g/mol. The van der Waals surface area contributed by atoms with Crippen LogP contribution in [0.3, 0.4) is 0 Å². The number of hydrogen-bond donors (Lipinski definition) is 4. The number of phenols is 1. The van der Waals surface area contributed by atoms with Gasteiger partial charge in [0.15, 0.2) is 5.75 Å². The van der Waals surface area contributed by atoms with Crippen LogP contribution in [0.4, 0.5) is 17.1 Å². The standard InChI is InChI=1S/C21H30ClN3O6S/c1-5-13(15-8-7-11-31-15)23-16-17(20(28)19(16)27)24-14-10-9-12(22)21(18(14)26)32(4,29)25(6-2)30-3/h9-10,13,15,23-24,26,32H,5-8,11H2,1-4H3/t13-,15?/m1/s1. The van der Waals surface area contributed by atoms with E-state index in [4.69, 9.17) is 21.2 Å². The maximum Gasteiger partial charge on any atom is 0.253 e. The normalized spacial score (nSPS) is 18.2. The number of phenolic OH excluding ortho intramolecular Hbond substituents is 1. The van der Waals surface area contributed by atoms with Gasteiger partial charge in [-0.3, -0.25) is 18.6 Å². The minimum Gasteiger partial charge on any atom is -0.505 e. The molecule has 0 saturated carbocycles. The summed E-state index contributed by atoms with van der Waals surface area (Å²) in [6.07, 6.45) is 3.94. The van der Waals surface area contributed by atoms with Crippen LogP contribution in [-0.2, 0) is 19.7 Å². The fourth-order valence-corrected chi connectivity index (χ4v) is 6.75. The van der Waals surface area contributed by atoms with Crippen molar-refractivity contribution in [3.63, 3.8) is 0 Å². The summed E-state index contributed by atoms with van der Waals surface area (Å²) in [5.41, 5.74) is -1.02. The molecular weight excluding hydrogens is 458 g/mol. The molecule has 1 aliphatic rings. The summed E-state index contributed by atoms with van der Waals surface area (Å²) in [6, 6.07) is 2.81. The molecule has 0 spiro atoms. The van der Waals surface area contributed by atoms with Gasteiger partial charge in [-0.2, -0.15) is 0 Å². The minimum atomic E-state index is -3.39. The molecule has 0 bridgehead atoms. The fraction of sp³-hybridized carbons (Fsp3) is 0.524. The number of anilines is 3. The molecular formula is C21H30ClN3O6S. The van der Waals surface area contributed by atoms with Crippen molar-refractivity contribution >= 4 is 38.8 Å². The van der Waals surface area contributed by atoms with Crippen LogP contribution >= 0.6 is 11.6 Å². The van der Waals surface area contributed by atoms with E-state index in [0.29, 0.717) is 19.6 Å². The highest BCUT2D eigenvalue weighted by molar-refractivity contribution is 8.00. The Hall–Kier alpha value is -1.98. The third-order valence-corrected chi connectivity index (χ3v) is 8.80. The molecule has 11 heteroatoms. The number of benzene rings is 1. The lowest BCUT2D eigenvalue weighted by molar-refractivity contribution is -0.0420. The molecule has 0 aromatic heterocycles. The molecule has 3 rings (SSSR count). The minimum absolute atomic E-state index is 0.00636. The molecule has 0 amide bonds. The highest BCUT2D eigenvalue weighted by Gasteiger charge is 2.31. The SMILES string of the molecule is CC[C@@H](Nc1c(Nc2ccc(Cl)c([SH](C)(=O)N(CC)OC)c2O)c(=O)c1=O)C1CCCO1. The first-order chi connectivity index (χ1) is 15.2. The third-order valence-electron chi connectivity index (χ3n) is 5.78. The molecule has 3 N–H and O–H groups in total. The Bertz CT molecular complexity index is 1090. The lowest BCUT2D eigenvalue weighted by Crippen LogP contribution is -2.42. The Morgan fingerprint density at radius 2 is 2.00 bits per heavy atom. The van der Waals surface area contributed by atoms with Crippen LogP contribution in [0.1, 0.15) is 33.1 Å². The van der Waals surface area contributed by atoms with Crippen LogP contribution < -0.4 is 21.5 Å². The first kappa shape index (κ1) is 24.7. The highest BCUT2D eigenvalue weighted by atomic mass is 35.5. The summed E-state index contributed by atoms with van der Waals surface area (Å²) in [6.45, 7) is 4.70. The fourth-order valence-electron chi connectivity index (χ4n) is 4.06. The molecule has 2 atom stereocenters. The van der Waals surface area contributed by atoms with E-state index >= 15 is 0 Å². The van der Waals surface area contributed by atoms with Crippen LogP contribution in [0.2, 0.25) is 5.02 Å². The van der Waals surface area contributed by atoms with Crippen LogP contribution in [0.15, 0.2) is 26.6 Å². The number of aromatic hydroxyl groups is 1. The molecule has 1 aliphatic heterocycles. The molecule has 1 unspecified atom stereocenters. The zero-order valence-corrected chi connectivity index (χ0v) is 20.3. The van der Waals surface area contributed by atoms with Gasteiger partial charge in [0, 0.05) is 19.4 Å². The van der Waals surface area contributed by atoms with Gasteiger partial charge in [0.05, 0.1) is 34.9 Å². The first-order valence-electron chi connectivity index (χ1n) is 10.6. The van der Waals surface area contributed by atoms with Gasteiger partial charge in [-0.05, 0) is 48.4 Å². The van der Waals surface area contributed by atoms with E-state index in [0.717, 1.165) is 12.8 Å². The van der Waals surface area contributed by atoms with Crippen molar-refractivity contribution in [2.45, 2.75) is 50.2 Å². The maximum atomic E-state index is 13.4. The number of nitrogens with one attached hydrogen (secondary N) is 2. The lowest BCUT2D eigenvalue weighted by Gasteiger charge is -2.32. The molecule has 1 heterocycles. The Balaban J connectivity index is 1.94. The van der Waals surface area contributed by atoms with E-state index in [9.17, 15) is 18.9 Å². The zero-order valence-electron chi connectivity index (χ0n) is 18.6. The molecule has 0 aliphatic carbocycles. The quantitative estimate of drug-likeness (QED) is 0.175. The summed E-state index contributed by atoms with van der Waals surface area (Å²) in [5.74, 6) is -0.371. The van der Waals surface area contributed by atoms with Crippen molar-refractivity contribution in [2.24, 2.45) is 0 Å². The first-order valence-corrected chi connectivity index (χ1v) is 13.1. The van der Waals surface area contributed by atoms with Crippen molar-refractivity contribution in [1.82, 2.24) is 4.47 Å². The second-order valence-electron chi connectivity index (χ2n) is 7.77. The smallest absolute Gasteiger partial charge is 0.253 e. The van der Waals surface area contributed by atoms with Crippen molar-refractivity contribution in [3.8, 4) is 5.75 Å². The highest BCUT2D eigenvalue weighted by Crippen LogP contribution is 2.42. The van der Waals surface area contributed by atoms with E-state index in [1.54, 1.807) is 6.92 Å². The summed E-state index contributed by atoms with van der Waals surface area (Å²) in [7, 11) is -2.01. The van der Waals surface area contributed by atoms with E-state index < -0.39 is 21.0 Å². The van der Waals surface area contributed by atoms with Gasteiger partial charge < -0.3 is 20.5 Å². The second-order valence-corrected chi connectivity index (χ2v) is 10.8. The second kappa shape index (κ2) is 9.88. The number of thiol groups is 1. The molecule has 0 radical (unpaired) electrons. The average molecular weight is 488 g/mol. The van der Waals surface area contributed by atoms with Crippen molar-refractivity contribution in [3.05, 3.63) is 37.6 Å². The van der Waals surface area contributed by atoms with Gasteiger partial charge in [-0.15, -0.1) is 4.47 Å². The molecule has 9 nitrogen and oxygen atoms in total. The molecule has 2 aromatic carbocycles. The summed E-state index contributed by atoms with van der Waals surface area (Å²) in [5, 5.41) is 17.0. The van der Waals surface area contributed by atoms with Gasteiger partial charge in [0.1, 0.15) is 11.4 Å². The van der Waals surface area contributed by atoms with Crippen LogP contribution in [0.25, 0.3) is 0 Å². The molecule has 1 fully saturated rings. The van der Waals surface area contributed by atoms with Crippen LogP contribution in [0.5, 0.6) is 5.75 Å². The zero-order chi connectivity index (χ0) is 23.6. The Labute approximate surface area is 192 Å². The average Bonchev–Trinajstić information content (AvgIpc) is 3.29. The van der Waals surface area contributed by atoms with Gasteiger partial charge in [0.2, 0.25) is 0 Å². The van der Waals surface area contributed by atoms with Crippen molar-refractivity contribution in [1.29, 1.82) is 0 Å². The van der Waals surface area contributed by atoms with Crippen molar-refractivity contribution in [2.75, 3.05) is 37.2 Å². The Morgan fingerprint density at radius 1 is 1.31 bits per heavy atom. The number of ether oxygens (including phenoxy) is 1. The van der Waals surface area contributed by atoms with Gasteiger partial charge >= 0.3 is 0 Å². The Kier molecular flexibility index (Phi) is 7.61. The number of nitrogens with zero attached hydrogens (tertiary/aromatic N) is 1. The molecule has 178 valence electrons. The maximum absolute atomic E-state index is 13.4. The van der Waals surface area contributed by atoms with Crippen molar-refractivity contribution < 1.29 is 18.9 Å². The predicted molar refractivity (Wildman–Crippen MR) is 128 cm³/mol. The molecule has 2 aromatic rings. The number of hydrogen-bond acceptors (Lipinski definition) is 8.